The highest BCUT2D eigenvalue weighted by atomic mass is 32.2. The Bertz CT molecular complexity index is 666. The Morgan fingerprint density at radius 3 is 3.00 bits per heavy atom. The van der Waals surface area contributed by atoms with E-state index in [1.54, 1.807) is 23.3 Å². The van der Waals surface area contributed by atoms with Gasteiger partial charge in [0.15, 0.2) is 9.84 Å². The van der Waals surface area contributed by atoms with Gasteiger partial charge in [-0.25, -0.2) is 8.42 Å². The first kappa shape index (κ1) is 15.0. The van der Waals surface area contributed by atoms with E-state index in [0.717, 1.165) is 0 Å². The lowest BCUT2D eigenvalue weighted by Gasteiger charge is -2.32. The van der Waals surface area contributed by atoms with E-state index in [1.165, 1.54) is 11.3 Å². The van der Waals surface area contributed by atoms with Crippen LogP contribution in [0.3, 0.4) is 0 Å². The van der Waals surface area contributed by atoms with Gasteiger partial charge in [-0.3, -0.25) is 4.79 Å². The second-order valence-electron chi connectivity index (χ2n) is 4.59. The normalized spacial score (nSPS) is 21.1. The standard InChI is InChI=1S/C13H15NO4S2/c1-10-9-20(17,18)8-5-14(10)13(16)12-11(3-2-6-15)4-7-19-12/h4,7,10,15H,5-6,8-9H2,1H3. The van der Waals surface area contributed by atoms with Crippen LogP contribution in [0.1, 0.15) is 22.2 Å². The molecule has 5 nitrogen and oxygen atoms in total. The maximum absolute atomic E-state index is 12.5. The summed E-state index contributed by atoms with van der Waals surface area (Å²) >= 11 is 1.28. The van der Waals surface area contributed by atoms with Crippen molar-refractivity contribution in [1.29, 1.82) is 0 Å². The number of thiophene rings is 1. The molecule has 108 valence electrons. The fourth-order valence-electron chi connectivity index (χ4n) is 2.14. The number of rotatable bonds is 1. The molecule has 7 heteroatoms. The van der Waals surface area contributed by atoms with E-state index in [0.29, 0.717) is 10.4 Å². The predicted octanol–water partition coefficient (Wildman–Crippen LogP) is 0.351. The summed E-state index contributed by atoms with van der Waals surface area (Å²) in [5.74, 6) is 5.08. The molecular formula is C13H15NO4S2. The highest BCUT2D eigenvalue weighted by molar-refractivity contribution is 7.91. The van der Waals surface area contributed by atoms with Crippen LogP contribution in [0.5, 0.6) is 0 Å². The van der Waals surface area contributed by atoms with Crippen molar-refractivity contribution in [2.45, 2.75) is 13.0 Å². The zero-order valence-corrected chi connectivity index (χ0v) is 12.6. The highest BCUT2D eigenvalue weighted by Crippen LogP contribution is 2.21. The predicted molar refractivity (Wildman–Crippen MR) is 77.4 cm³/mol. The van der Waals surface area contributed by atoms with Crippen molar-refractivity contribution in [3.05, 3.63) is 21.9 Å². The maximum atomic E-state index is 12.5. The van der Waals surface area contributed by atoms with E-state index in [9.17, 15) is 13.2 Å². The number of sulfone groups is 1. The Hall–Kier alpha value is -1.36. The van der Waals surface area contributed by atoms with E-state index >= 15 is 0 Å². The van der Waals surface area contributed by atoms with Crippen molar-refractivity contribution < 1.29 is 18.3 Å². The minimum Gasteiger partial charge on any atom is -0.384 e. The molecule has 0 radical (unpaired) electrons. The number of aliphatic hydroxyl groups excluding tert-OH is 1. The molecule has 1 amide bonds. The van der Waals surface area contributed by atoms with Gasteiger partial charge in [0.05, 0.1) is 11.5 Å². The minimum absolute atomic E-state index is 0.00175. The van der Waals surface area contributed by atoms with Crippen molar-refractivity contribution in [3.8, 4) is 11.8 Å². The van der Waals surface area contributed by atoms with Gasteiger partial charge in [-0.1, -0.05) is 11.8 Å². The molecule has 1 aliphatic heterocycles. The lowest BCUT2D eigenvalue weighted by molar-refractivity contribution is 0.0717. The Balaban J connectivity index is 2.22. The summed E-state index contributed by atoms with van der Waals surface area (Å²) < 4.78 is 23.1. The van der Waals surface area contributed by atoms with E-state index in [-0.39, 0.29) is 36.6 Å². The Morgan fingerprint density at radius 1 is 1.60 bits per heavy atom. The molecule has 2 rings (SSSR count). The summed E-state index contributed by atoms with van der Waals surface area (Å²) in [4.78, 5) is 14.6. The molecule has 1 unspecified atom stereocenters. The minimum atomic E-state index is -3.04. The van der Waals surface area contributed by atoms with Gasteiger partial charge < -0.3 is 10.0 Å². The quantitative estimate of drug-likeness (QED) is 0.759. The fourth-order valence-corrected chi connectivity index (χ4v) is 4.50. The van der Waals surface area contributed by atoms with Gasteiger partial charge in [-0.15, -0.1) is 11.3 Å². The van der Waals surface area contributed by atoms with E-state index in [4.69, 9.17) is 5.11 Å². The largest absolute Gasteiger partial charge is 0.384 e. The average molecular weight is 313 g/mol. The van der Waals surface area contributed by atoms with Crippen molar-refractivity contribution in [2.24, 2.45) is 0 Å². The molecule has 1 fully saturated rings. The highest BCUT2D eigenvalue weighted by Gasteiger charge is 2.32. The van der Waals surface area contributed by atoms with Gasteiger partial charge >= 0.3 is 0 Å². The molecule has 1 atom stereocenters. The molecule has 2 heterocycles. The zero-order valence-electron chi connectivity index (χ0n) is 11.0. The zero-order chi connectivity index (χ0) is 14.8. The van der Waals surface area contributed by atoms with E-state index in [2.05, 4.69) is 11.8 Å². The number of nitrogens with zero attached hydrogens (tertiary/aromatic N) is 1. The van der Waals surface area contributed by atoms with Gasteiger partial charge in [0.2, 0.25) is 0 Å². The third-order valence-electron chi connectivity index (χ3n) is 3.09. The molecule has 1 aromatic rings. The summed E-state index contributed by atoms with van der Waals surface area (Å²) in [6.45, 7) is 1.69. The Kier molecular flexibility index (Phi) is 4.48. The lowest BCUT2D eigenvalue weighted by atomic mass is 10.2. The molecule has 0 spiro atoms. The summed E-state index contributed by atoms with van der Waals surface area (Å²) in [6, 6.07) is 1.40. The second-order valence-corrected chi connectivity index (χ2v) is 7.73. The fraction of sp³-hybridized carbons (Fsp3) is 0.462. The first-order valence-electron chi connectivity index (χ1n) is 6.13. The molecule has 1 aliphatic rings. The van der Waals surface area contributed by atoms with Crippen molar-refractivity contribution in [2.75, 3.05) is 24.7 Å². The molecule has 20 heavy (non-hydrogen) atoms. The first-order valence-corrected chi connectivity index (χ1v) is 8.83. The molecule has 0 bridgehead atoms. The number of hydrogen-bond donors (Lipinski definition) is 1. The molecular weight excluding hydrogens is 298 g/mol. The van der Waals surface area contributed by atoms with Crippen LogP contribution < -0.4 is 0 Å². The van der Waals surface area contributed by atoms with Gasteiger partial charge in [-0.2, -0.15) is 0 Å². The second kappa shape index (κ2) is 5.95. The van der Waals surface area contributed by atoms with Crippen molar-refractivity contribution in [1.82, 2.24) is 4.90 Å². The monoisotopic (exact) mass is 313 g/mol. The molecule has 1 aromatic heterocycles. The third kappa shape index (κ3) is 3.20. The van der Waals surface area contributed by atoms with Crippen LogP contribution in [0.25, 0.3) is 0 Å². The van der Waals surface area contributed by atoms with Crippen LogP contribution in [-0.2, 0) is 9.84 Å². The topological polar surface area (TPSA) is 74.7 Å². The summed E-state index contributed by atoms with van der Waals surface area (Å²) in [5.41, 5.74) is 0.578. The van der Waals surface area contributed by atoms with E-state index in [1.807, 2.05) is 0 Å². The van der Waals surface area contributed by atoms with E-state index < -0.39 is 9.84 Å². The van der Waals surface area contributed by atoms with Crippen LogP contribution in [-0.4, -0.2) is 55.0 Å². The van der Waals surface area contributed by atoms with Crippen LogP contribution in [0.2, 0.25) is 0 Å². The number of aliphatic hydroxyl groups is 1. The van der Waals surface area contributed by atoms with Gasteiger partial charge in [0.25, 0.3) is 5.91 Å². The summed E-state index contributed by atoms with van der Waals surface area (Å²) in [5, 5.41) is 10.5. The lowest BCUT2D eigenvalue weighted by Crippen LogP contribution is -2.49. The van der Waals surface area contributed by atoms with Gasteiger partial charge in [0, 0.05) is 18.2 Å². The summed E-state index contributed by atoms with van der Waals surface area (Å²) in [6.07, 6.45) is 0. The smallest absolute Gasteiger partial charge is 0.265 e. The van der Waals surface area contributed by atoms with Crippen LogP contribution in [0, 0.1) is 11.8 Å². The number of amides is 1. The van der Waals surface area contributed by atoms with Gasteiger partial charge in [0.1, 0.15) is 11.5 Å². The molecule has 0 saturated carbocycles. The first-order chi connectivity index (χ1) is 9.44. The van der Waals surface area contributed by atoms with Crippen LogP contribution in [0.4, 0.5) is 0 Å². The van der Waals surface area contributed by atoms with Crippen LogP contribution in [0.15, 0.2) is 11.4 Å². The van der Waals surface area contributed by atoms with Crippen molar-refractivity contribution >= 4 is 27.1 Å². The Labute approximate surface area is 122 Å². The Morgan fingerprint density at radius 2 is 2.35 bits per heavy atom. The number of carbonyl (C=O) groups excluding carboxylic acids is 1. The maximum Gasteiger partial charge on any atom is 0.265 e. The average Bonchev–Trinajstić information content (AvgIpc) is 2.82. The SMILES string of the molecule is CC1CS(=O)(=O)CCN1C(=O)c1sccc1C#CCO. The van der Waals surface area contributed by atoms with Gasteiger partial charge in [-0.05, 0) is 18.4 Å². The molecule has 0 aliphatic carbocycles. The van der Waals surface area contributed by atoms with Crippen molar-refractivity contribution in [3.63, 3.8) is 0 Å². The molecule has 1 saturated heterocycles. The summed E-state index contributed by atoms with van der Waals surface area (Å²) in [7, 11) is -3.04. The number of hydrogen-bond acceptors (Lipinski definition) is 5. The third-order valence-corrected chi connectivity index (χ3v) is 5.79. The number of carbonyl (C=O) groups is 1. The van der Waals surface area contributed by atoms with Crippen LogP contribution >= 0.6 is 11.3 Å². The molecule has 0 aromatic carbocycles. The molecule has 1 N–H and O–H groups in total.